The number of benzene rings is 2. The molecule has 0 radical (unpaired) electrons. The molecule has 0 bridgehead atoms. The molecule has 1 heterocycles. The topological polar surface area (TPSA) is 47.0 Å². The van der Waals surface area contributed by atoms with Crippen molar-refractivity contribution in [3.8, 4) is 10.6 Å². The molecule has 0 saturated heterocycles. The molecule has 0 aliphatic rings. The lowest BCUT2D eigenvalue weighted by molar-refractivity contribution is 0.594. The number of aromatic nitrogens is 1. The molecule has 3 rings (SSSR count). The second-order valence-electron chi connectivity index (χ2n) is 6.94. The number of thiazole rings is 1. The van der Waals surface area contributed by atoms with E-state index in [4.69, 9.17) is 0 Å². The highest BCUT2D eigenvalue weighted by molar-refractivity contribution is 7.89. The van der Waals surface area contributed by atoms with E-state index in [-0.39, 0.29) is 11.5 Å². The van der Waals surface area contributed by atoms with Gasteiger partial charge < -0.3 is 0 Å². The van der Waals surface area contributed by atoms with Crippen LogP contribution in [0.4, 0.5) is 0 Å². The first-order valence-electron chi connectivity index (χ1n) is 8.63. The summed E-state index contributed by atoms with van der Waals surface area (Å²) in [6.07, 6.45) is 0. The summed E-state index contributed by atoms with van der Waals surface area (Å²) in [5.41, 5.74) is 4.87. The molecule has 0 fully saturated rings. The SMILES string of the molecule is Cc1ccc(-c2nc(CS(=O)(=O)Cc3ccc(C(C)C)cc3)cs2)cc1. The van der Waals surface area contributed by atoms with Gasteiger partial charge in [0.05, 0.1) is 17.2 Å². The van der Waals surface area contributed by atoms with Gasteiger partial charge in [-0.1, -0.05) is 67.9 Å². The van der Waals surface area contributed by atoms with E-state index in [0.717, 1.165) is 16.1 Å². The number of rotatable bonds is 6. The molecule has 0 aliphatic carbocycles. The molecule has 0 unspecified atom stereocenters. The highest BCUT2D eigenvalue weighted by Crippen LogP contribution is 2.25. The fourth-order valence-electron chi connectivity index (χ4n) is 2.73. The van der Waals surface area contributed by atoms with E-state index in [2.05, 4.69) is 18.8 Å². The van der Waals surface area contributed by atoms with Crippen molar-refractivity contribution < 1.29 is 8.42 Å². The van der Waals surface area contributed by atoms with Crippen molar-refractivity contribution in [2.75, 3.05) is 0 Å². The molecule has 0 spiro atoms. The summed E-state index contributed by atoms with van der Waals surface area (Å²) in [5.74, 6) is 0.459. The Morgan fingerprint density at radius 3 is 2.23 bits per heavy atom. The third kappa shape index (κ3) is 4.80. The van der Waals surface area contributed by atoms with Gasteiger partial charge in [-0.3, -0.25) is 0 Å². The Kier molecular flexibility index (Phi) is 5.58. The van der Waals surface area contributed by atoms with Crippen LogP contribution in [-0.2, 0) is 21.3 Å². The molecule has 3 nitrogen and oxygen atoms in total. The predicted molar refractivity (Wildman–Crippen MR) is 109 cm³/mol. The minimum Gasteiger partial charge on any atom is -0.240 e. The summed E-state index contributed by atoms with van der Waals surface area (Å²) in [4.78, 5) is 4.51. The van der Waals surface area contributed by atoms with Crippen LogP contribution in [0.25, 0.3) is 10.6 Å². The van der Waals surface area contributed by atoms with Gasteiger partial charge in [-0.15, -0.1) is 11.3 Å². The van der Waals surface area contributed by atoms with E-state index in [9.17, 15) is 8.42 Å². The van der Waals surface area contributed by atoms with Crippen molar-refractivity contribution in [2.45, 2.75) is 38.2 Å². The maximum absolute atomic E-state index is 12.5. The van der Waals surface area contributed by atoms with E-state index in [1.165, 1.54) is 22.5 Å². The summed E-state index contributed by atoms with van der Waals surface area (Å²) in [6, 6.07) is 15.9. The van der Waals surface area contributed by atoms with Crippen LogP contribution >= 0.6 is 11.3 Å². The highest BCUT2D eigenvalue weighted by Gasteiger charge is 2.16. The molecule has 0 N–H and O–H groups in total. The Morgan fingerprint density at radius 1 is 0.962 bits per heavy atom. The van der Waals surface area contributed by atoms with Gasteiger partial charge in [0.25, 0.3) is 0 Å². The average molecular weight is 386 g/mol. The Bertz CT molecular complexity index is 970. The van der Waals surface area contributed by atoms with Gasteiger partial charge in [0.2, 0.25) is 0 Å². The number of hydrogen-bond acceptors (Lipinski definition) is 4. The van der Waals surface area contributed by atoms with Crippen LogP contribution in [0, 0.1) is 6.92 Å². The van der Waals surface area contributed by atoms with Gasteiger partial charge in [0.15, 0.2) is 9.84 Å². The molecular formula is C21H23NO2S2. The first-order valence-corrected chi connectivity index (χ1v) is 11.3. The third-order valence-electron chi connectivity index (χ3n) is 4.25. The molecule has 2 aromatic carbocycles. The normalized spacial score (nSPS) is 11.8. The standard InChI is InChI=1S/C21H23NO2S2/c1-15(2)18-10-6-17(7-11-18)13-26(23,24)14-20-12-25-21(22-20)19-8-4-16(3)5-9-19/h4-12,15H,13-14H2,1-3H3. The lowest BCUT2D eigenvalue weighted by Crippen LogP contribution is -2.08. The molecule has 0 saturated carbocycles. The fourth-order valence-corrected chi connectivity index (χ4v) is 5.06. The maximum Gasteiger partial charge on any atom is 0.160 e. The van der Waals surface area contributed by atoms with Gasteiger partial charge >= 0.3 is 0 Å². The summed E-state index contributed by atoms with van der Waals surface area (Å²) in [6.45, 7) is 6.29. The fraction of sp³-hybridized carbons (Fsp3) is 0.286. The van der Waals surface area contributed by atoms with E-state index < -0.39 is 9.84 Å². The zero-order valence-corrected chi connectivity index (χ0v) is 16.9. The zero-order chi connectivity index (χ0) is 18.7. The smallest absolute Gasteiger partial charge is 0.160 e. The average Bonchev–Trinajstić information content (AvgIpc) is 3.03. The quantitative estimate of drug-likeness (QED) is 0.574. The van der Waals surface area contributed by atoms with Crippen LogP contribution in [0.15, 0.2) is 53.9 Å². The van der Waals surface area contributed by atoms with E-state index in [1.54, 1.807) is 0 Å². The van der Waals surface area contributed by atoms with Crippen molar-refractivity contribution in [1.82, 2.24) is 4.98 Å². The van der Waals surface area contributed by atoms with Crippen LogP contribution in [0.3, 0.4) is 0 Å². The van der Waals surface area contributed by atoms with E-state index in [1.807, 2.05) is 60.8 Å². The van der Waals surface area contributed by atoms with Gasteiger partial charge in [-0.25, -0.2) is 13.4 Å². The molecule has 0 atom stereocenters. The van der Waals surface area contributed by atoms with Gasteiger partial charge in [-0.2, -0.15) is 0 Å². The summed E-state index contributed by atoms with van der Waals surface area (Å²) >= 11 is 1.49. The Balaban J connectivity index is 1.70. The van der Waals surface area contributed by atoms with Crippen molar-refractivity contribution in [2.24, 2.45) is 0 Å². The van der Waals surface area contributed by atoms with Crippen molar-refractivity contribution in [1.29, 1.82) is 0 Å². The number of hydrogen-bond donors (Lipinski definition) is 0. The van der Waals surface area contributed by atoms with Crippen LogP contribution in [0.5, 0.6) is 0 Å². The minimum atomic E-state index is -3.25. The maximum atomic E-state index is 12.5. The Hall–Kier alpha value is -1.98. The molecule has 1 aromatic heterocycles. The second kappa shape index (κ2) is 7.72. The largest absolute Gasteiger partial charge is 0.240 e. The summed E-state index contributed by atoms with van der Waals surface area (Å²) in [5, 5.41) is 2.70. The molecule has 5 heteroatoms. The molecule has 3 aromatic rings. The monoisotopic (exact) mass is 385 g/mol. The molecule has 26 heavy (non-hydrogen) atoms. The van der Waals surface area contributed by atoms with E-state index >= 15 is 0 Å². The molecule has 136 valence electrons. The molecular weight excluding hydrogens is 362 g/mol. The zero-order valence-electron chi connectivity index (χ0n) is 15.3. The van der Waals surface area contributed by atoms with E-state index in [0.29, 0.717) is 11.6 Å². The minimum absolute atomic E-state index is 0.0265. The first kappa shape index (κ1) is 18.8. The molecule has 0 aliphatic heterocycles. The Morgan fingerprint density at radius 2 is 1.62 bits per heavy atom. The molecule has 0 amide bonds. The number of sulfone groups is 1. The Labute approximate surface area is 159 Å². The van der Waals surface area contributed by atoms with Gasteiger partial charge in [-0.05, 0) is 24.0 Å². The third-order valence-corrected chi connectivity index (χ3v) is 6.70. The summed E-state index contributed by atoms with van der Waals surface area (Å²) < 4.78 is 25.1. The van der Waals surface area contributed by atoms with Crippen molar-refractivity contribution in [3.63, 3.8) is 0 Å². The highest BCUT2D eigenvalue weighted by atomic mass is 32.2. The summed E-state index contributed by atoms with van der Waals surface area (Å²) in [7, 11) is -3.25. The lowest BCUT2D eigenvalue weighted by Gasteiger charge is -2.07. The number of aryl methyl sites for hydroxylation is 1. The van der Waals surface area contributed by atoms with Gasteiger partial charge in [0, 0.05) is 10.9 Å². The van der Waals surface area contributed by atoms with Crippen molar-refractivity contribution >= 4 is 21.2 Å². The van der Waals surface area contributed by atoms with Crippen molar-refractivity contribution in [3.05, 3.63) is 76.3 Å². The van der Waals surface area contributed by atoms with Crippen LogP contribution in [-0.4, -0.2) is 13.4 Å². The predicted octanol–water partition coefficient (Wildman–Crippen LogP) is 5.36. The van der Waals surface area contributed by atoms with Gasteiger partial charge in [0.1, 0.15) is 5.01 Å². The lowest BCUT2D eigenvalue weighted by atomic mass is 10.0. The second-order valence-corrected chi connectivity index (χ2v) is 9.86. The van der Waals surface area contributed by atoms with Crippen LogP contribution in [0.2, 0.25) is 0 Å². The van der Waals surface area contributed by atoms with Crippen LogP contribution in [0.1, 0.15) is 42.1 Å². The number of nitrogens with zero attached hydrogens (tertiary/aromatic N) is 1. The van der Waals surface area contributed by atoms with Crippen LogP contribution < -0.4 is 0 Å². The first-order chi connectivity index (χ1) is 12.3.